The molecular formula is C20H32N2O. The predicted molar refractivity (Wildman–Crippen MR) is 92.1 cm³/mol. The van der Waals surface area contributed by atoms with Crippen molar-refractivity contribution in [2.24, 2.45) is 23.2 Å². The van der Waals surface area contributed by atoms with Gasteiger partial charge < -0.3 is 9.30 Å². The number of hydrogen-bond acceptors (Lipinski definition) is 2. The van der Waals surface area contributed by atoms with E-state index in [0.717, 1.165) is 30.9 Å². The van der Waals surface area contributed by atoms with Crippen LogP contribution in [-0.2, 0) is 11.3 Å². The Morgan fingerprint density at radius 1 is 1.13 bits per heavy atom. The number of unbranched alkanes of at least 4 members (excludes halogenated alkanes) is 2. The molecule has 1 unspecified atom stereocenters. The normalized spacial score (nSPS) is 36.5. The zero-order chi connectivity index (χ0) is 15.7. The highest BCUT2D eigenvalue weighted by molar-refractivity contribution is 5.05. The molecule has 4 bridgehead atoms. The second-order valence-corrected chi connectivity index (χ2v) is 8.61. The van der Waals surface area contributed by atoms with Gasteiger partial charge in [-0.1, -0.05) is 19.8 Å². The highest BCUT2D eigenvalue weighted by Gasteiger charge is 2.54. The van der Waals surface area contributed by atoms with Crippen molar-refractivity contribution >= 4 is 0 Å². The fraction of sp³-hybridized carbons (Fsp3) is 0.850. The third kappa shape index (κ3) is 3.22. The standard InChI is InChI=1S/C20H32N2O/c1-2-3-4-7-23-19(14-22-6-5-21-15-22)20-11-16-8-17(12-20)10-18(9-16)13-20/h5-6,15-19H,2-4,7-14H2,1H3. The summed E-state index contributed by atoms with van der Waals surface area (Å²) in [5, 5.41) is 0. The Bertz CT molecular complexity index is 460. The smallest absolute Gasteiger partial charge is 0.0946 e. The SMILES string of the molecule is CCCCCOC(Cn1ccnc1)C12CC3CC(CC(C3)C1)C2. The van der Waals surface area contributed by atoms with Gasteiger partial charge >= 0.3 is 0 Å². The van der Waals surface area contributed by atoms with Crippen LogP contribution >= 0.6 is 0 Å². The number of hydrogen-bond donors (Lipinski definition) is 0. The van der Waals surface area contributed by atoms with Crippen molar-refractivity contribution in [3.63, 3.8) is 0 Å². The molecule has 1 aromatic rings. The average Bonchev–Trinajstić information content (AvgIpc) is 3.02. The molecule has 1 atom stereocenters. The van der Waals surface area contributed by atoms with Crippen LogP contribution in [0.15, 0.2) is 18.7 Å². The maximum absolute atomic E-state index is 6.55. The number of ether oxygens (including phenoxy) is 1. The summed E-state index contributed by atoms with van der Waals surface area (Å²) in [6.45, 7) is 4.20. The van der Waals surface area contributed by atoms with E-state index in [1.165, 1.54) is 57.8 Å². The summed E-state index contributed by atoms with van der Waals surface area (Å²) in [5.74, 6) is 2.97. The van der Waals surface area contributed by atoms with Gasteiger partial charge in [-0.15, -0.1) is 0 Å². The quantitative estimate of drug-likeness (QED) is 0.651. The van der Waals surface area contributed by atoms with Gasteiger partial charge in [-0.05, 0) is 68.1 Å². The Balaban J connectivity index is 1.49. The fourth-order valence-corrected chi connectivity index (χ4v) is 6.16. The summed E-state index contributed by atoms with van der Waals surface area (Å²) in [4.78, 5) is 4.24. The molecule has 0 N–H and O–H groups in total. The summed E-state index contributed by atoms with van der Waals surface area (Å²) in [6.07, 6.45) is 18.9. The lowest BCUT2D eigenvalue weighted by Gasteiger charge is -2.59. The van der Waals surface area contributed by atoms with Gasteiger partial charge in [0.25, 0.3) is 0 Å². The van der Waals surface area contributed by atoms with Gasteiger partial charge in [0, 0.05) is 19.0 Å². The largest absolute Gasteiger partial charge is 0.376 e. The summed E-state index contributed by atoms with van der Waals surface area (Å²) in [5.41, 5.74) is 0.464. The molecule has 0 aliphatic heterocycles. The molecule has 3 heteroatoms. The maximum atomic E-state index is 6.55. The molecule has 0 spiro atoms. The maximum Gasteiger partial charge on any atom is 0.0946 e. The Morgan fingerprint density at radius 3 is 2.39 bits per heavy atom. The van der Waals surface area contributed by atoms with Crippen LogP contribution in [0.4, 0.5) is 0 Å². The molecular weight excluding hydrogens is 284 g/mol. The molecule has 4 fully saturated rings. The van der Waals surface area contributed by atoms with Crippen molar-refractivity contribution in [1.29, 1.82) is 0 Å². The van der Waals surface area contributed by atoms with Crippen molar-refractivity contribution in [2.75, 3.05) is 6.61 Å². The first-order chi connectivity index (χ1) is 11.3. The van der Waals surface area contributed by atoms with Crippen LogP contribution in [-0.4, -0.2) is 22.3 Å². The summed E-state index contributed by atoms with van der Waals surface area (Å²) >= 11 is 0. The minimum atomic E-state index is 0.391. The molecule has 4 aliphatic rings. The van der Waals surface area contributed by atoms with Crippen molar-refractivity contribution in [1.82, 2.24) is 9.55 Å². The third-order valence-corrected chi connectivity index (χ3v) is 6.77. The van der Waals surface area contributed by atoms with E-state index < -0.39 is 0 Å². The van der Waals surface area contributed by atoms with Gasteiger partial charge in [-0.25, -0.2) is 4.98 Å². The topological polar surface area (TPSA) is 27.1 Å². The van der Waals surface area contributed by atoms with E-state index in [0.29, 0.717) is 11.5 Å². The van der Waals surface area contributed by atoms with Crippen molar-refractivity contribution in [3.05, 3.63) is 18.7 Å². The van der Waals surface area contributed by atoms with E-state index in [1.807, 2.05) is 12.5 Å². The van der Waals surface area contributed by atoms with E-state index in [-0.39, 0.29) is 0 Å². The lowest BCUT2D eigenvalue weighted by molar-refractivity contribution is -0.147. The lowest BCUT2D eigenvalue weighted by Crippen LogP contribution is -2.53. The third-order valence-electron chi connectivity index (χ3n) is 6.77. The van der Waals surface area contributed by atoms with Crippen molar-refractivity contribution in [2.45, 2.75) is 77.4 Å². The minimum absolute atomic E-state index is 0.391. The van der Waals surface area contributed by atoms with Crippen LogP contribution in [0.2, 0.25) is 0 Å². The molecule has 0 radical (unpaired) electrons. The van der Waals surface area contributed by atoms with E-state index in [1.54, 1.807) is 0 Å². The Morgan fingerprint density at radius 2 is 1.83 bits per heavy atom. The van der Waals surface area contributed by atoms with Gasteiger partial charge in [0.15, 0.2) is 0 Å². The highest BCUT2D eigenvalue weighted by Crippen LogP contribution is 2.61. The van der Waals surface area contributed by atoms with Crippen molar-refractivity contribution in [3.8, 4) is 0 Å². The number of imidazole rings is 1. The van der Waals surface area contributed by atoms with Crippen LogP contribution in [0.1, 0.15) is 64.7 Å². The molecule has 4 saturated carbocycles. The van der Waals surface area contributed by atoms with Gasteiger partial charge in [0.05, 0.1) is 19.0 Å². The van der Waals surface area contributed by atoms with Crippen LogP contribution < -0.4 is 0 Å². The Labute approximate surface area is 140 Å². The number of rotatable bonds is 8. The predicted octanol–water partition coefficient (Wildman–Crippen LogP) is 4.67. The molecule has 0 amide bonds. The fourth-order valence-electron chi connectivity index (χ4n) is 6.16. The average molecular weight is 316 g/mol. The summed E-state index contributed by atoms with van der Waals surface area (Å²) in [6, 6.07) is 0. The molecule has 1 aromatic heterocycles. The molecule has 5 rings (SSSR count). The van der Waals surface area contributed by atoms with Gasteiger partial charge in [-0.2, -0.15) is 0 Å². The van der Waals surface area contributed by atoms with Gasteiger partial charge in [-0.3, -0.25) is 0 Å². The molecule has 128 valence electrons. The monoisotopic (exact) mass is 316 g/mol. The van der Waals surface area contributed by atoms with E-state index in [4.69, 9.17) is 4.74 Å². The summed E-state index contributed by atoms with van der Waals surface area (Å²) < 4.78 is 8.79. The second-order valence-electron chi connectivity index (χ2n) is 8.61. The molecule has 4 aliphatic carbocycles. The number of aromatic nitrogens is 2. The van der Waals surface area contributed by atoms with E-state index in [2.05, 4.69) is 22.7 Å². The van der Waals surface area contributed by atoms with Crippen LogP contribution in [0.25, 0.3) is 0 Å². The Hall–Kier alpha value is -0.830. The minimum Gasteiger partial charge on any atom is -0.376 e. The van der Waals surface area contributed by atoms with Gasteiger partial charge in [0.1, 0.15) is 0 Å². The second kappa shape index (κ2) is 6.58. The zero-order valence-electron chi connectivity index (χ0n) is 14.6. The van der Waals surface area contributed by atoms with Crippen LogP contribution in [0.3, 0.4) is 0 Å². The van der Waals surface area contributed by atoms with Gasteiger partial charge in [0.2, 0.25) is 0 Å². The summed E-state index contributed by atoms with van der Waals surface area (Å²) in [7, 11) is 0. The van der Waals surface area contributed by atoms with Crippen LogP contribution in [0.5, 0.6) is 0 Å². The first kappa shape index (κ1) is 15.7. The molecule has 0 aromatic carbocycles. The first-order valence-corrected chi connectivity index (χ1v) is 9.85. The van der Waals surface area contributed by atoms with E-state index >= 15 is 0 Å². The molecule has 23 heavy (non-hydrogen) atoms. The van der Waals surface area contributed by atoms with Crippen molar-refractivity contribution < 1.29 is 4.74 Å². The molecule has 1 heterocycles. The lowest BCUT2D eigenvalue weighted by atomic mass is 9.48. The molecule has 0 saturated heterocycles. The molecule has 3 nitrogen and oxygen atoms in total. The van der Waals surface area contributed by atoms with Crippen LogP contribution in [0, 0.1) is 23.2 Å². The first-order valence-electron chi connectivity index (χ1n) is 9.85. The highest BCUT2D eigenvalue weighted by atomic mass is 16.5. The Kier molecular flexibility index (Phi) is 4.49. The zero-order valence-corrected chi connectivity index (χ0v) is 14.6. The number of nitrogens with zero attached hydrogens (tertiary/aromatic N) is 2. The van der Waals surface area contributed by atoms with E-state index in [9.17, 15) is 0 Å².